The fourth-order valence-corrected chi connectivity index (χ4v) is 2.16. The summed E-state index contributed by atoms with van der Waals surface area (Å²) in [5.41, 5.74) is 4.19. The standard InChI is InChI=1S/C14H16N2O5/c15-12(18)9-4-1-2-5-10(9)21-8-11(17)16-14(13(19)20)6-3-7-14/h1-2,4-5H,3,6-8H2,(H2,15,18)(H,16,17)(H,19,20). The highest BCUT2D eigenvalue weighted by Crippen LogP contribution is 2.31. The molecule has 112 valence electrons. The number of carboxylic acid groups (broad SMARTS) is 1. The average molecular weight is 292 g/mol. The van der Waals surface area contributed by atoms with Gasteiger partial charge in [-0.2, -0.15) is 0 Å². The van der Waals surface area contributed by atoms with Crippen LogP contribution >= 0.6 is 0 Å². The lowest BCUT2D eigenvalue weighted by atomic mass is 9.77. The van der Waals surface area contributed by atoms with Gasteiger partial charge < -0.3 is 20.9 Å². The average Bonchev–Trinajstić information content (AvgIpc) is 2.40. The van der Waals surface area contributed by atoms with Crippen LogP contribution in [0.15, 0.2) is 24.3 Å². The summed E-state index contributed by atoms with van der Waals surface area (Å²) in [5, 5.41) is 11.6. The van der Waals surface area contributed by atoms with Crippen molar-refractivity contribution in [3.8, 4) is 5.75 Å². The minimum atomic E-state index is -1.18. The van der Waals surface area contributed by atoms with Crippen LogP contribution in [0.5, 0.6) is 5.75 Å². The second kappa shape index (κ2) is 5.82. The number of primary amides is 1. The summed E-state index contributed by atoms with van der Waals surface area (Å²) in [6.07, 6.45) is 1.58. The normalized spacial score (nSPS) is 15.6. The van der Waals surface area contributed by atoms with Crippen LogP contribution in [0, 0.1) is 0 Å². The largest absolute Gasteiger partial charge is 0.483 e. The van der Waals surface area contributed by atoms with Crippen LogP contribution < -0.4 is 15.8 Å². The topological polar surface area (TPSA) is 119 Å². The van der Waals surface area contributed by atoms with Gasteiger partial charge in [0.05, 0.1) is 5.56 Å². The van der Waals surface area contributed by atoms with Gasteiger partial charge in [-0.25, -0.2) is 4.79 Å². The minimum Gasteiger partial charge on any atom is -0.483 e. The van der Waals surface area contributed by atoms with Crippen molar-refractivity contribution < 1.29 is 24.2 Å². The van der Waals surface area contributed by atoms with Gasteiger partial charge in [-0.1, -0.05) is 12.1 Å². The highest BCUT2D eigenvalue weighted by atomic mass is 16.5. The molecule has 0 bridgehead atoms. The van der Waals surface area contributed by atoms with Gasteiger partial charge in [0.25, 0.3) is 11.8 Å². The molecule has 1 aromatic carbocycles. The fraction of sp³-hybridized carbons (Fsp3) is 0.357. The molecule has 0 spiro atoms. The van der Waals surface area contributed by atoms with E-state index in [0.717, 1.165) is 6.42 Å². The summed E-state index contributed by atoms with van der Waals surface area (Å²) in [5.74, 6) is -2.05. The summed E-state index contributed by atoms with van der Waals surface area (Å²) in [6, 6.07) is 6.27. The molecule has 21 heavy (non-hydrogen) atoms. The van der Waals surface area contributed by atoms with E-state index in [0.29, 0.717) is 12.8 Å². The molecule has 0 unspecified atom stereocenters. The van der Waals surface area contributed by atoms with E-state index in [9.17, 15) is 14.4 Å². The third-order valence-electron chi connectivity index (χ3n) is 3.51. The van der Waals surface area contributed by atoms with Crippen LogP contribution in [0.4, 0.5) is 0 Å². The van der Waals surface area contributed by atoms with Crippen LogP contribution in [-0.4, -0.2) is 35.0 Å². The molecule has 7 heteroatoms. The van der Waals surface area contributed by atoms with Crippen LogP contribution in [0.1, 0.15) is 29.6 Å². The van der Waals surface area contributed by atoms with Crippen molar-refractivity contribution in [1.29, 1.82) is 0 Å². The van der Waals surface area contributed by atoms with Gasteiger partial charge in [0.2, 0.25) is 0 Å². The smallest absolute Gasteiger partial charge is 0.329 e. The molecule has 1 aliphatic rings. The van der Waals surface area contributed by atoms with Gasteiger partial charge in [0, 0.05) is 0 Å². The Bertz CT molecular complexity index is 580. The number of rotatable bonds is 6. The number of carbonyl (C=O) groups is 3. The number of hydrogen-bond donors (Lipinski definition) is 3. The Morgan fingerprint density at radius 1 is 1.29 bits per heavy atom. The number of para-hydroxylation sites is 1. The first kappa shape index (κ1) is 14.8. The van der Waals surface area contributed by atoms with Crippen LogP contribution in [0.25, 0.3) is 0 Å². The first-order valence-corrected chi connectivity index (χ1v) is 6.51. The van der Waals surface area contributed by atoms with Crippen molar-refractivity contribution in [3.63, 3.8) is 0 Å². The summed E-state index contributed by atoms with van der Waals surface area (Å²) in [6.45, 7) is -0.376. The van der Waals surface area contributed by atoms with E-state index < -0.39 is 23.3 Å². The Morgan fingerprint density at radius 2 is 1.95 bits per heavy atom. The van der Waals surface area contributed by atoms with Gasteiger partial charge in [-0.05, 0) is 31.4 Å². The Kier molecular flexibility index (Phi) is 4.11. The number of carboxylic acids is 1. The Labute approximate surface area is 121 Å². The monoisotopic (exact) mass is 292 g/mol. The van der Waals surface area contributed by atoms with E-state index in [1.54, 1.807) is 12.1 Å². The first-order valence-electron chi connectivity index (χ1n) is 6.51. The number of carbonyl (C=O) groups excluding carboxylic acids is 2. The molecule has 0 heterocycles. The zero-order valence-corrected chi connectivity index (χ0v) is 11.3. The van der Waals surface area contributed by atoms with Crippen molar-refractivity contribution in [3.05, 3.63) is 29.8 Å². The minimum absolute atomic E-state index is 0.168. The fourth-order valence-electron chi connectivity index (χ4n) is 2.16. The van der Waals surface area contributed by atoms with E-state index in [-0.39, 0.29) is 17.9 Å². The molecule has 1 aliphatic carbocycles. The van der Waals surface area contributed by atoms with Crippen LogP contribution in [0.2, 0.25) is 0 Å². The highest BCUT2D eigenvalue weighted by Gasteiger charge is 2.45. The molecule has 2 rings (SSSR count). The van der Waals surface area contributed by atoms with Crippen molar-refractivity contribution in [2.24, 2.45) is 5.73 Å². The molecule has 0 aromatic heterocycles. The van der Waals surface area contributed by atoms with E-state index in [2.05, 4.69) is 5.32 Å². The summed E-state index contributed by atoms with van der Waals surface area (Å²) >= 11 is 0. The van der Waals surface area contributed by atoms with Crippen LogP contribution in [0.3, 0.4) is 0 Å². The zero-order chi connectivity index (χ0) is 15.5. The molecule has 7 nitrogen and oxygen atoms in total. The van der Waals surface area contributed by atoms with Gasteiger partial charge >= 0.3 is 5.97 Å². The zero-order valence-electron chi connectivity index (χ0n) is 11.3. The first-order chi connectivity index (χ1) is 9.94. The predicted molar refractivity (Wildman–Crippen MR) is 72.8 cm³/mol. The SMILES string of the molecule is NC(=O)c1ccccc1OCC(=O)NC1(C(=O)O)CCC1. The third kappa shape index (κ3) is 3.13. The number of hydrogen-bond acceptors (Lipinski definition) is 4. The lowest BCUT2D eigenvalue weighted by Gasteiger charge is -2.38. The highest BCUT2D eigenvalue weighted by molar-refractivity contribution is 5.95. The number of nitrogens with one attached hydrogen (secondary N) is 1. The maximum absolute atomic E-state index is 11.8. The predicted octanol–water partition coefficient (Wildman–Crippen LogP) is 0.288. The maximum Gasteiger partial charge on any atom is 0.329 e. The molecular formula is C14H16N2O5. The van der Waals surface area contributed by atoms with E-state index in [4.69, 9.17) is 15.6 Å². The van der Waals surface area contributed by atoms with Crippen molar-refractivity contribution in [1.82, 2.24) is 5.32 Å². The number of benzene rings is 1. The summed E-state index contributed by atoms with van der Waals surface area (Å²) < 4.78 is 5.25. The molecule has 1 saturated carbocycles. The lowest BCUT2D eigenvalue weighted by molar-refractivity contribution is -0.152. The second-order valence-electron chi connectivity index (χ2n) is 4.94. The second-order valence-corrected chi connectivity index (χ2v) is 4.94. The Hall–Kier alpha value is -2.57. The number of aliphatic carboxylic acids is 1. The number of ether oxygens (including phenoxy) is 1. The quantitative estimate of drug-likeness (QED) is 0.696. The molecule has 0 saturated heterocycles. The molecule has 0 aliphatic heterocycles. The van der Waals surface area contributed by atoms with E-state index in [1.807, 2.05) is 0 Å². The number of nitrogens with two attached hydrogens (primary N) is 1. The van der Waals surface area contributed by atoms with Gasteiger partial charge in [-0.3, -0.25) is 9.59 Å². The summed E-state index contributed by atoms with van der Waals surface area (Å²) in [4.78, 5) is 34.1. The molecule has 1 fully saturated rings. The van der Waals surface area contributed by atoms with Crippen LogP contribution in [-0.2, 0) is 9.59 Å². The summed E-state index contributed by atoms with van der Waals surface area (Å²) in [7, 11) is 0. The Balaban J connectivity index is 1.96. The van der Waals surface area contributed by atoms with Crippen molar-refractivity contribution >= 4 is 17.8 Å². The Morgan fingerprint density at radius 3 is 2.48 bits per heavy atom. The molecule has 4 N–H and O–H groups in total. The van der Waals surface area contributed by atoms with Gasteiger partial charge in [0.15, 0.2) is 6.61 Å². The number of amides is 2. The van der Waals surface area contributed by atoms with Gasteiger partial charge in [-0.15, -0.1) is 0 Å². The molecule has 0 radical (unpaired) electrons. The lowest BCUT2D eigenvalue weighted by Crippen LogP contribution is -2.59. The van der Waals surface area contributed by atoms with Crippen molar-refractivity contribution in [2.75, 3.05) is 6.61 Å². The molecule has 0 atom stereocenters. The van der Waals surface area contributed by atoms with E-state index >= 15 is 0 Å². The van der Waals surface area contributed by atoms with E-state index in [1.165, 1.54) is 12.1 Å². The molecular weight excluding hydrogens is 276 g/mol. The molecule has 2 amide bonds. The van der Waals surface area contributed by atoms with Gasteiger partial charge in [0.1, 0.15) is 11.3 Å². The van der Waals surface area contributed by atoms with Crippen molar-refractivity contribution in [2.45, 2.75) is 24.8 Å². The molecule has 1 aromatic rings. The maximum atomic E-state index is 11.8. The third-order valence-corrected chi connectivity index (χ3v) is 3.51.